The van der Waals surface area contributed by atoms with Crippen molar-refractivity contribution >= 4 is 39.1 Å². The maximum atomic E-state index is 11.7. The lowest BCUT2D eigenvalue weighted by Gasteiger charge is -2.06. The number of amides is 1. The van der Waals surface area contributed by atoms with Crippen LogP contribution < -0.4 is 5.32 Å². The number of non-ortho nitro benzene ring substituents is 1. The molecule has 1 rings (SSSR count). The smallest absolute Gasteiger partial charge is 0.271 e. The lowest BCUT2D eigenvalue weighted by atomic mass is 10.2. The number of hydrogen-bond acceptors (Lipinski definition) is 3. The van der Waals surface area contributed by atoms with Gasteiger partial charge in [-0.25, -0.2) is 0 Å². The second-order valence-electron chi connectivity index (χ2n) is 3.45. The standard InChI is InChI=1S/C10H10BrClN2O3/c1-6(11)5-13-10(15)7-2-8(12)4-9(3-7)14(16)17/h2-4,6H,5H2,1H3,(H,13,15). The Balaban J connectivity index is 2.90. The molecule has 0 aliphatic carbocycles. The first kappa shape index (κ1) is 13.9. The van der Waals surface area contributed by atoms with Crippen molar-refractivity contribution in [1.29, 1.82) is 0 Å². The van der Waals surface area contributed by atoms with Gasteiger partial charge in [0.1, 0.15) is 0 Å². The molecule has 0 radical (unpaired) electrons. The topological polar surface area (TPSA) is 72.2 Å². The van der Waals surface area contributed by atoms with Crippen molar-refractivity contribution in [3.63, 3.8) is 0 Å². The normalized spacial score (nSPS) is 11.9. The monoisotopic (exact) mass is 320 g/mol. The van der Waals surface area contributed by atoms with Gasteiger partial charge in [0.2, 0.25) is 0 Å². The molecule has 1 unspecified atom stereocenters. The summed E-state index contributed by atoms with van der Waals surface area (Å²) in [5.74, 6) is -0.387. The number of rotatable bonds is 4. The van der Waals surface area contributed by atoms with E-state index in [-0.39, 0.29) is 27.0 Å². The van der Waals surface area contributed by atoms with Crippen LogP contribution in [0.15, 0.2) is 18.2 Å². The van der Waals surface area contributed by atoms with Crippen molar-refractivity contribution in [2.24, 2.45) is 0 Å². The van der Waals surface area contributed by atoms with E-state index in [1.165, 1.54) is 18.2 Å². The number of halogens is 2. The first-order valence-electron chi connectivity index (χ1n) is 4.77. The minimum absolute atomic E-state index is 0.126. The van der Waals surface area contributed by atoms with Gasteiger partial charge in [-0.1, -0.05) is 34.5 Å². The Labute approximate surface area is 111 Å². The van der Waals surface area contributed by atoms with Crippen LogP contribution in [0.3, 0.4) is 0 Å². The highest BCUT2D eigenvalue weighted by molar-refractivity contribution is 9.09. The zero-order chi connectivity index (χ0) is 13.0. The minimum Gasteiger partial charge on any atom is -0.351 e. The van der Waals surface area contributed by atoms with Gasteiger partial charge < -0.3 is 5.32 Å². The number of nitrogens with one attached hydrogen (secondary N) is 1. The lowest BCUT2D eigenvalue weighted by Crippen LogP contribution is -2.28. The van der Waals surface area contributed by atoms with Crippen LogP contribution in [-0.4, -0.2) is 22.2 Å². The fourth-order valence-corrected chi connectivity index (χ4v) is 1.54. The molecule has 17 heavy (non-hydrogen) atoms. The van der Waals surface area contributed by atoms with Gasteiger partial charge >= 0.3 is 0 Å². The van der Waals surface area contributed by atoms with Crippen molar-refractivity contribution in [3.8, 4) is 0 Å². The van der Waals surface area contributed by atoms with Crippen molar-refractivity contribution in [1.82, 2.24) is 5.32 Å². The molecule has 0 bridgehead atoms. The predicted molar refractivity (Wildman–Crippen MR) is 68.8 cm³/mol. The van der Waals surface area contributed by atoms with E-state index in [9.17, 15) is 14.9 Å². The fraction of sp³-hybridized carbons (Fsp3) is 0.300. The number of hydrogen-bond donors (Lipinski definition) is 1. The summed E-state index contributed by atoms with van der Waals surface area (Å²) in [6.45, 7) is 2.31. The van der Waals surface area contributed by atoms with E-state index in [1.807, 2.05) is 6.92 Å². The van der Waals surface area contributed by atoms with Gasteiger partial charge in [-0.15, -0.1) is 0 Å². The molecule has 0 fully saturated rings. The highest BCUT2D eigenvalue weighted by Gasteiger charge is 2.14. The van der Waals surface area contributed by atoms with E-state index in [1.54, 1.807) is 0 Å². The number of carbonyl (C=O) groups is 1. The first-order valence-corrected chi connectivity index (χ1v) is 6.06. The fourth-order valence-electron chi connectivity index (χ4n) is 1.15. The Morgan fingerprint density at radius 3 is 2.76 bits per heavy atom. The number of nitrogens with zero attached hydrogens (tertiary/aromatic N) is 1. The zero-order valence-electron chi connectivity index (χ0n) is 8.94. The molecule has 0 heterocycles. The van der Waals surface area contributed by atoms with Crippen LogP contribution in [-0.2, 0) is 0 Å². The molecule has 1 N–H and O–H groups in total. The van der Waals surface area contributed by atoms with Gasteiger partial charge in [0.25, 0.3) is 11.6 Å². The molecule has 1 amide bonds. The van der Waals surface area contributed by atoms with E-state index >= 15 is 0 Å². The summed E-state index contributed by atoms with van der Waals surface area (Å²) in [4.78, 5) is 21.8. The number of benzene rings is 1. The van der Waals surface area contributed by atoms with Crippen molar-refractivity contribution in [3.05, 3.63) is 38.9 Å². The molecule has 92 valence electrons. The van der Waals surface area contributed by atoms with E-state index in [0.717, 1.165) is 0 Å². The number of carbonyl (C=O) groups excluding carboxylic acids is 1. The minimum atomic E-state index is -0.588. The van der Waals surface area contributed by atoms with Crippen molar-refractivity contribution in [2.45, 2.75) is 11.8 Å². The number of alkyl halides is 1. The Bertz CT molecular complexity index is 451. The predicted octanol–water partition coefficient (Wildman–Crippen LogP) is 2.76. The van der Waals surface area contributed by atoms with Gasteiger partial charge in [0.15, 0.2) is 0 Å². The summed E-state index contributed by atoms with van der Waals surface area (Å²) in [6.07, 6.45) is 0. The summed E-state index contributed by atoms with van der Waals surface area (Å²) in [5.41, 5.74) is -0.0214. The molecule has 1 aromatic carbocycles. The third-order valence-electron chi connectivity index (χ3n) is 1.90. The van der Waals surface area contributed by atoms with Gasteiger partial charge in [0.05, 0.1) is 4.92 Å². The molecule has 7 heteroatoms. The Morgan fingerprint density at radius 1 is 1.59 bits per heavy atom. The van der Waals surface area contributed by atoms with Crippen LogP contribution in [0.4, 0.5) is 5.69 Å². The summed E-state index contributed by atoms with van der Waals surface area (Å²) in [6, 6.07) is 3.79. The van der Waals surface area contributed by atoms with Gasteiger partial charge in [-0.05, 0) is 6.07 Å². The molecule has 0 aromatic heterocycles. The molecule has 0 saturated carbocycles. The van der Waals surface area contributed by atoms with E-state index < -0.39 is 4.92 Å². The average Bonchev–Trinajstić information content (AvgIpc) is 2.24. The molecule has 0 aliphatic heterocycles. The number of nitro benzene ring substituents is 1. The lowest BCUT2D eigenvalue weighted by molar-refractivity contribution is -0.384. The third-order valence-corrected chi connectivity index (χ3v) is 2.44. The largest absolute Gasteiger partial charge is 0.351 e. The van der Waals surface area contributed by atoms with Crippen LogP contribution in [0.25, 0.3) is 0 Å². The average molecular weight is 322 g/mol. The molecule has 0 spiro atoms. The van der Waals surface area contributed by atoms with Gasteiger partial charge in [-0.2, -0.15) is 0 Å². The van der Waals surface area contributed by atoms with Crippen molar-refractivity contribution < 1.29 is 9.72 Å². The summed E-state index contributed by atoms with van der Waals surface area (Å²) >= 11 is 8.99. The first-order chi connectivity index (χ1) is 7.90. The quantitative estimate of drug-likeness (QED) is 0.526. The number of nitro groups is 1. The molecule has 5 nitrogen and oxygen atoms in total. The summed E-state index contributed by atoms with van der Waals surface area (Å²) in [7, 11) is 0. The zero-order valence-corrected chi connectivity index (χ0v) is 11.3. The Kier molecular flexibility index (Phi) is 4.89. The Morgan fingerprint density at radius 2 is 2.24 bits per heavy atom. The second kappa shape index (κ2) is 5.97. The summed E-state index contributed by atoms with van der Waals surface area (Å²) < 4.78 is 0. The van der Waals surface area contributed by atoms with Crippen molar-refractivity contribution in [2.75, 3.05) is 6.54 Å². The van der Waals surface area contributed by atoms with Crippen LogP contribution in [0.2, 0.25) is 5.02 Å². The van der Waals surface area contributed by atoms with Crippen LogP contribution in [0, 0.1) is 10.1 Å². The van der Waals surface area contributed by atoms with Crippen LogP contribution in [0.5, 0.6) is 0 Å². The molecular weight excluding hydrogens is 311 g/mol. The van der Waals surface area contributed by atoms with Crippen LogP contribution >= 0.6 is 27.5 Å². The van der Waals surface area contributed by atoms with Crippen LogP contribution in [0.1, 0.15) is 17.3 Å². The molecule has 1 atom stereocenters. The molecular formula is C10H10BrClN2O3. The second-order valence-corrected chi connectivity index (χ2v) is 5.45. The van der Waals surface area contributed by atoms with Gasteiger partial charge in [-0.3, -0.25) is 14.9 Å². The molecule has 0 aliphatic rings. The van der Waals surface area contributed by atoms with E-state index in [4.69, 9.17) is 11.6 Å². The highest BCUT2D eigenvalue weighted by atomic mass is 79.9. The third kappa shape index (κ3) is 4.32. The maximum Gasteiger partial charge on any atom is 0.271 e. The van der Waals surface area contributed by atoms with E-state index in [0.29, 0.717) is 6.54 Å². The summed E-state index contributed by atoms with van der Waals surface area (Å²) in [5, 5.41) is 13.4. The van der Waals surface area contributed by atoms with Gasteiger partial charge in [0, 0.05) is 34.1 Å². The highest BCUT2D eigenvalue weighted by Crippen LogP contribution is 2.20. The Hall–Kier alpha value is -1.14. The molecule has 1 aromatic rings. The maximum absolute atomic E-state index is 11.7. The molecule has 0 saturated heterocycles. The SMILES string of the molecule is CC(Br)CNC(=O)c1cc(Cl)cc([N+](=O)[O-])c1. The van der Waals surface area contributed by atoms with E-state index in [2.05, 4.69) is 21.2 Å².